The molecule has 0 spiro atoms. The van der Waals surface area contributed by atoms with Gasteiger partial charge in [-0.05, 0) is 78.8 Å². The number of ether oxygens (including phenoxy) is 1. The molecule has 0 radical (unpaired) electrons. The van der Waals surface area contributed by atoms with E-state index in [0.717, 1.165) is 57.1 Å². The lowest BCUT2D eigenvalue weighted by molar-refractivity contribution is -0.134. The molecule has 3 aromatic carbocycles. The number of carboxylic acids is 1. The van der Waals surface area contributed by atoms with Gasteiger partial charge in [0.15, 0.2) is 5.13 Å². The van der Waals surface area contributed by atoms with Crippen LogP contribution in [-0.4, -0.2) is 39.0 Å². The van der Waals surface area contributed by atoms with Crippen molar-refractivity contribution < 1.29 is 29.3 Å². The number of aliphatic hydroxyl groups is 1. The fraction of sp³-hybridized carbons (Fsp3) is 0.294. The number of hydrogen-bond acceptors (Lipinski definition) is 7. The minimum atomic E-state index is -0.833. The first-order chi connectivity index (χ1) is 20.3. The van der Waals surface area contributed by atoms with Gasteiger partial charge in [-0.3, -0.25) is 19.3 Å². The van der Waals surface area contributed by atoms with E-state index in [1.807, 2.05) is 63.2 Å². The van der Waals surface area contributed by atoms with Crippen LogP contribution < -0.4 is 9.64 Å². The molecule has 1 amide bonds. The highest BCUT2D eigenvalue weighted by atomic mass is 32.1. The first-order valence-electron chi connectivity index (χ1n) is 14.1. The van der Waals surface area contributed by atoms with Gasteiger partial charge < -0.3 is 14.9 Å². The van der Waals surface area contributed by atoms with Crippen molar-refractivity contribution in [2.45, 2.75) is 66.0 Å². The van der Waals surface area contributed by atoms with Crippen LogP contribution in [0.1, 0.15) is 73.0 Å². The van der Waals surface area contributed by atoms with Crippen molar-refractivity contribution in [2.24, 2.45) is 0 Å². The summed E-state index contributed by atoms with van der Waals surface area (Å²) in [5, 5.41) is 19.4. The molecule has 6 rings (SSSR count). The van der Waals surface area contributed by atoms with Crippen molar-refractivity contribution in [2.75, 3.05) is 4.90 Å². The molecule has 0 aliphatic carbocycles. The van der Waals surface area contributed by atoms with Gasteiger partial charge in [-0.25, -0.2) is 4.98 Å². The third-order valence-corrected chi connectivity index (χ3v) is 8.56. The SMILES string of the molecule is CC(=O)O.Cc1cc(C)c2nc(N3C(=O)C(=O)/C(=C(/O)c4ccc5c(c4)CC(C)O5)C3c3ccc(C(C)C)cc3)sc2c1. The number of anilines is 1. The van der Waals surface area contributed by atoms with Crippen LogP contribution in [0, 0.1) is 13.8 Å². The number of carbonyl (C=O) groups is 3. The summed E-state index contributed by atoms with van der Waals surface area (Å²) < 4.78 is 6.76. The lowest BCUT2D eigenvalue weighted by Gasteiger charge is -2.23. The Balaban J connectivity index is 0.000000868. The zero-order valence-corrected chi connectivity index (χ0v) is 25.8. The van der Waals surface area contributed by atoms with Gasteiger partial charge in [-0.15, -0.1) is 0 Å². The number of carboxylic acid groups (broad SMARTS) is 1. The predicted octanol–water partition coefficient (Wildman–Crippen LogP) is 7.08. The van der Waals surface area contributed by atoms with E-state index in [0.29, 0.717) is 16.6 Å². The van der Waals surface area contributed by atoms with Crippen LogP contribution in [0.5, 0.6) is 5.75 Å². The third kappa shape index (κ3) is 5.77. The van der Waals surface area contributed by atoms with E-state index >= 15 is 0 Å². The second kappa shape index (κ2) is 11.6. The lowest BCUT2D eigenvalue weighted by atomic mass is 9.93. The summed E-state index contributed by atoms with van der Waals surface area (Å²) in [4.78, 5) is 42.5. The summed E-state index contributed by atoms with van der Waals surface area (Å²) in [5.41, 5.74) is 6.34. The molecule has 9 heteroatoms. The summed E-state index contributed by atoms with van der Waals surface area (Å²) in [7, 11) is 0. The largest absolute Gasteiger partial charge is 0.507 e. The topological polar surface area (TPSA) is 117 Å². The molecule has 2 aliphatic heterocycles. The van der Waals surface area contributed by atoms with Crippen molar-refractivity contribution in [3.8, 4) is 5.75 Å². The number of thiazole rings is 1. The van der Waals surface area contributed by atoms with Gasteiger partial charge in [0, 0.05) is 18.9 Å². The van der Waals surface area contributed by atoms with Crippen LogP contribution in [0.2, 0.25) is 0 Å². The summed E-state index contributed by atoms with van der Waals surface area (Å²) in [6, 6.07) is 16.6. The molecule has 3 heterocycles. The van der Waals surface area contributed by atoms with Crippen LogP contribution in [0.4, 0.5) is 5.13 Å². The molecule has 0 saturated carbocycles. The van der Waals surface area contributed by atoms with Crippen molar-refractivity contribution in [1.29, 1.82) is 0 Å². The van der Waals surface area contributed by atoms with E-state index in [4.69, 9.17) is 19.6 Å². The van der Waals surface area contributed by atoms with Gasteiger partial charge >= 0.3 is 5.91 Å². The zero-order valence-electron chi connectivity index (χ0n) is 25.0. The smallest absolute Gasteiger partial charge is 0.301 e. The quantitative estimate of drug-likeness (QED) is 0.146. The highest BCUT2D eigenvalue weighted by Gasteiger charge is 2.48. The number of aryl methyl sites for hydroxylation is 2. The number of carbonyl (C=O) groups excluding carboxylic acids is 2. The Bertz CT molecular complexity index is 1780. The summed E-state index contributed by atoms with van der Waals surface area (Å²) in [6.07, 6.45) is 0.767. The van der Waals surface area contributed by atoms with E-state index in [1.54, 1.807) is 6.07 Å². The molecule has 4 aromatic rings. The highest BCUT2D eigenvalue weighted by Crippen LogP contribution is 2.45. The van der Waals surface area contributed by atoms with Crippen LogP contribution >= 0.6 is 11.3 Å². The van der Waals surface area contributed by atoms with Crippen molar-refractivity contribution in [1.82, 2.24) is 4.98 Å². The molecule has 1 aromatic heterocycles. The Hall–Kier alpha value is -4.50. The molecule has 2 aliphatic rings. The van der Waals surface area contributed by atoms with E-state index in [2.05, 4.69) is 19.9 Å². The molecular formula is C34H34N2O6S. The summed E-state index contributed by atoms with van der Waals surface area (Å²) in [6.45, 7) is 11.3. The first-order valence-corrected chi connectivity index (χ1v) is 15.0. The number of rotatable bonds is 4. The fourth-order valence-electron chi connectivity index (χ4n) is 5.60. The van der Waals surface area contributed by atoms with Gasteiger partial charge in [0.2, 0.25) is 0 Å². The maximum Gasteiger partial charge on any atom is 0.301 e. The normalized spacial score (nSPS) is 18.9. The number of aliphatic hydroxyl groups excluding tert-OH is 1. The van der Waals surface area contributed by atoms with Gasteiger partial charge in [-0.2, -0.15) is 0 Å². The van der Waals surface area contributed by atoms with Gasteiger partial charge in [0.1, 0.15) is 17.6 Å². The van der Waals surface area contributed by atoms with Crippen molar-refractivity contribution in [3.63, 3.8) is 0 Å². The van der Waals surface area contributed by atoms with E-state index in [9.17, 15) is 14.7 Å². The second-order valence-corrected chi connectivity index (χ2v) is 12.4. The van der Waals surface area contributed by atoms with Crippen molar-refractivity contribution >= 4 is 50.1 Å². The van der Waals surface area contributed by atoms with Crippen LogP contribution in [0.3, 0.4) is 0 Å². The highest BCUT2D eigenvalue weighted by molar-refractivity contribution is 7.22. The first kappa shape index (κ1) is 30.0. The van der Waals surface area contributed by atoms with Gasteiger partial charge in [-0.1, -0.05) is 55.5 Å². The molecule has 8 nitrogen and oxygen atoms in total. The average molecular weight is 599 g/mol. The van der Waals surface area contributed by atoms with E-state index in [-0.39, 0.29) is 17.4 Å². The number of nitrogens with zero attached hydrogens (tertiary/aromatic N) is 2. The summed E-state index contributed by atoms with van der Waals surface area (Å²) >= 11 is 1.38. The Labute approximate surface area is 254 Å². The molecule has 0 bridgehead atoms. The molecule has 1 saturated heterocycles. The number of ketones is 1. The number of aliphatic carboxylic acids is 1. The minimum Gasteiger partial charge on any atom is -0.507 e. The number of hydrogen-bond donors (Lipinski definition) is 2. The number of benzene rings is 3. The standard InChI is InChI=1S/C32H30N2O4S.C2H4O2/c1-16(2)20-6-8-21(9-7-20)28-26(29(35)22-10-11-24-23(15-22)14-19(5)38-24)30(36)31(37)34(28)32-33-27-18(4)12-17(3)13-25(27)39-32;1-2(3)4/h6-13,15-16,19,28,35H,14H2,1-5H3;1H3,(H,3,4)/b29-26+;. The number of amides is 1. The van der Waals surface area contributed by atoms with Gasteiger partial charge in [0.25, 0.3) is 11.8 Å². The molecule has 2 unspecified atom stereocenters. The van der Waals surface area contributed by atoms with Crippen LogP contribution in [-0.2, 0) is 20.8 Å². The molecule has 1 fully saturated rings. The Morgan fingerprint density at radius 2 is 1.72 bits per heavy atom. The maximum absolute atomic E-state index is 13.6. The Kier molecular flexibility index (Phi) is 8.12. The molecular weight excluding hydrogens is 564 g/mol. The van der Waals surface area contributed by atoms with E-state index < -0.39 is 23.7 Å². The monoisotopic (exact) mass is 598 g/mol. The third-order valence-electron chi connectivity index (χ3n) is 7.56. The second-order valence-electron chi connectivity index (χ2n) is 11.4. The number of aromatic nitrogens is 1. The lowest BCUT2D eigenvalue weighted by Crippen LogP contribution is -2.29. The Morgan fingerprint density at radius 1 is 1.05 bits per heavy atom. The van der Waals surface area contributed by atoms with Crippen LogP contribution in [0.25, 0.3) is 16.0 Å². The average Bonchev–Trinajstić information content (AvgIpc) is 3.60. The number of fused-ring (bicyclic) bond motifs is 2. The molecule has 43 heavy (non-hydrogen) atoms. The molecule has 2 atom stereocenters. The van der Waals surface area contributed by atoms with E-state index in [1.165, 1.54) is 16.2 Å². The predicted molar refractivity (Wildman–Crippen MR) is 168 cm³/mol. The maximum atomic E-state index is 13.6. The molecule has 2 N–H and O–H groups in total. The Morgan fingerprint density at radius 3 is 2.37 bits per heavy atom. The summed E-state index contributed by atoms with van der Waals surface area (Å²) in [5.74, 6) is -1.33. The minimum absolute atomic E-state index is 0.0496. The van der Waals surface area contributed by atoms with Crippen LogP contribution in [0.15, 0.2) is 60.2 Å². The zero-order chi connectivity index (χ0) is 31.2. The van der Waals surface area contributed by atoms with Gasteiger partial charge in [0.05, 0.1) is 21.8 Å². The van der Waals surface area contributed by atoms with Crippen molar-refractivity contribution in [3.05, 3.63) is 93.6 Å². The molecule has 222 valence electrons. The fourth-order valence-corrected chi connectivity index (χ4v) is 6.76. The number of Topliss-reactive ketones (excluding diaryl/α,β-unsaturated/α-hetero) is 1.